The van der Waals surface area contributed by atoms with E-state index in [1.165, 1.54) is 12.1 Å². The summed E-state index contributed by atoms with van der Waals surface area (Å²) in [6.45, 7) is 3.02. The van der Waals surface area contributed by atoms with Crippen molar-refractivity contribution in [3.63, 3.8) is 0 Å². The zero-order valence-electron chi connectivity index (χ0n) is 15.9. The Bertz CT molecular complexity index is 1200. The second-order valence-corrected chi connectivity index (χ2v) is 6.70. The molecule has 0 fully saturated rings. The first-order valence-corrected chi connectivity index (χ1v) is 8.92. The summed E-state index contributed by atoms with van der Waals surface area (Å²) in [6, 6.07) is 6.30. The lowest BCUT2D eigenvalue weighted by molar-refractivity contribution is -0.121. The number of aliphatic hydroxyl groups is 1. The van der Waals surface area contributed by atoms with E-state index in [4.69, 9.17) is 5.26 Å². The van der Waals surface area contributed by atoms with Gasteiger partial charge in [-0.25, -0.2) is 4.39 Å². The van der Waals surface area contributed by atoms with Gasteiger partial charge in [0.25, 0.3) is 5.56 Å². The number of carbonyl (C=O) groups excluding carboxylic acids is 1. The predicted octanol–water partition coefficient (Wildman–Crippen LogP) is 1.94. The van der Waals surface area contributed by atoms with Gasteiger partial charge in [0.2, 0.25) is 5.91 Å². The van der Waals surface area contributed by atoms with Crippen molar-refractivity contribution in [2.45, 2.75) is 26.3 Å². The number of pyridine rings is 2. The summed E-state index contributed by atoms with van der Waals surface area (Å²) in [4.78, 5) is 32.0. The van der Waals surface area contributed by atoms with Crippen molar-refractivity contribution in [2.24, 2.45) is 0 Å². The van der Waals surface area contributed by atoms with Crippen LogP contribution in [0.4, 0.5) is 4.39 Å². The van der Waals surface area contributed by atoms with E-state index in [1.807, 2.05) is 13.0 Å². The van der Waals surface area contributed by atoms with Crippen LogP contribution in [0.1, 0.15) is 34.0 Å². The molecule has 0 aliphatic carbocycles. The summed E-state index contributed by atoms with van der Waals surface area (Å²) in [7, 11) is 0. The van der Waals surface area contributed by atoms with Crippen molar-refractivity contribution >= 4 is 16.8 Å². The van der Waals surface area contributed by atoms with Gasteiger partial charge in [0.1, 0.15) is 5.82 Å². The van der Waals surface area contributed by atoms with Crippen LogP contribution in [0.5, 0.6) is 0 Å². The van der Waals surface area contributed by atoms with Gasteiger partial charge in [-0.05, 0) is 37.6 Å². The van der Waals surface area contributed by atoms with Gasteiger partial charge in [-0.15, -0.1) is 0 Å². The monoisotopic (exact) mass is 394 g/mol. The molecule has 0 aliphatic heterocycles. The van der Waals surface area contributed by atoms with Gasteiger partial charge in [0.15, 0.2) is 0 Å². The fourth-order valence-electron chi connectivity index (χ4n) is 3.38. The summed E-state index contributed by atoms with van der Waals surface area (Å²) in [6.07, 6.45) is 1.36. The maximum Gasteiger partial charge on any atom is 0.252 e. The van der Waals surface area contributed by atoms with Crippen LogP contribution in [0.15, 0.2) is 35.3 Å². The van der Waals surface area contributed by atoms with E-state index >= 15 is 0 Å². The number of benzene rings is 1. The largest absolute Gasteiger partial charge is 0.394 e. The molecule has 148 valence electrons. The summed E-state index contributed by atoms with van der Waals surface area (Å²) in [5.74, 6) is -1.24. The lowest BCUT2D eigenvalue weighted by Gasteiger charge is -2.18. The number of halogens is 1. The molecule has 3 aromatic rings. The number of amides is 1. The highest BCUT2D eigenvalue weighted by Crippen LogP contribution is 2.21. The average molecular weight is 394 g/mol. The highest BCUT2D eigenvalue weighted by atomic mass is 19.1. The van der Waals surface area contributed by atoms with Crippen LogP contribution in [0.3, 0.4) is 0 Å². The molecule has 0 saturated heterocycles. The highest BCUT2D eigenvalue weighted by molar-refractivity contribution is 5.87. The number of aryl methyl sites for hydroxylation is 2. The molecule has 3 rings (SSSR count). The smallest absolute Gasteiger partial charge is 0.252 e. The number of H-pyrrole nitrogens is 1. The van der Waals surface area contributed by atoms with E-state index in [1.54, 1.807) is 19.2 Å². The Kier molecular flexibility index (Phi) is 5.71. The van der Waals surface area contributed by atoms with E-state index in [0.717, 1.165) is 17.1 Å². The number of aromatic nitrogens is 2. The van der Waals surface area contributed by atoms with Crippen molar-refractivity contribution in [3.05, 3.63) is 74.6 Å². The number of carbonyl (C=O) groups is 1. The molecular weight excluding hydrogens is 375 g/mol. The van der Waals surface area contributed by atoms with E-state index in [2.05, 4.69) is 15.3 Å². The SMILES string of the molecule is Cc1nccc2[nH]c(=O)c(CC(=O)N[C@@H](CO)c3ccc(C#N)cc3F)c(C)c12. The maximum absolute atomic E-state index is 14.2. The van der Waals surface area contributed by atoms with E-state index < -0.39 is 24.4 Å². The topological polar surface area (TPSA) is 119 Å². The van der Waals surface area contributed by atoms with Crippen molar-refractivity contribution in [2.75, 3.05) is 6.61 Å². The average Bonchev–Trinajstić information content (AvgIpc) is 2.69. The minimum atomic E-state index is -1.00. The summed E-state index contributed by atoms with van der Waals surface area (Å²) < 4.78 is 14.2. The number of nitrogens with one attached hydrogen (secondary N) is 2. The Hall–Kier alpha value is -3.57. The standard InChI is InChI=1S/C21H19FN4O3/c1-11-15(21(29)26-17-5-6-24-12(2)20(11)17)8-19(28)25-18(10-27)14-4-3-13(9-23)7-16(14)22/h3-7,18,27H,8,10H2,1-2H3,(H,25,28)(H,26,29)/t18-/m0/s1. The first kappa shape index (κ1) is 20.2. The van der Waals surface area contributed by atoms with E-state index in [0.29, 0.717) is 11.1 Å². The van der Waals surface area contributed by atoms with Crippen LogP contribution in [0.2, 0.25) is 0 Å². The van der Waals surface area contributed by atoms with Gasteiger partial charge in [0, 0.05) is 28.4 Å². The molecule has 0 radical (unpaired) electrons. The van der Waals surface area contributed by atoms with Crippen molar-refractivity contribution in [1.29, 1.82) is 5.26 Å². The molecule has 0 saturated carbocycles. The van der Waals surface area contributed by atoms with Gasteiger partial charge >= 0.3 is 0 Å². The molecular formula is C21H19FN4O3. The number of aliphatic hydroxyl groups excluding tert-OH is 1. The van der Waals surface area contributed by atoms with Crippen molar-refractivity contribution < 1.29 is 14.3 Å². The number of fused-ring (bicyclic) bond motifs is 1. The van der Waals surface area contributed by atoms with E-state index in [-0.39, 0.29) is 28.7 Å². The fourth-order valence-corrected chi connectivity index (χ4v) is 3.38. The molecule has 3 N–H and O–H groups in total. The third-order valence-corrected chi connectivity index (χ3v) is 4.85. The van der Waals surface area contributed by atoms with Crippen molar-refractivity contribution in [1.82, 2.24) is 15.3 Å². The minimum Gasteiger partial charge on any atom is -0.394 e. The summed E-state index contributed by atoms with van der Waals surface area (Å²) >= 11 is 0. The zero-order valence-corrected chi connectivity index (χ0v) is 15.9. The number of hydrogen-bond donors (Lipinski definition) is 3. The molecule has 7 nitrogen and oxygen atoms in total. The molecule has 29 heavy (non-hydrogen) atoms. The highest BCUT2D eigenvalue weighted by Gasteiger charge is 2.20. The van der Waals surface area contributed by atoms with Crippen LogP contribution < -0.4 is 10.9 Å². The molecule has 1 atom stereocenters. The third kappa shape index (κ3) is 4.00. The molecule has 2 heterocycles. The zero-order chi connectivity index (χ0) is 21.1. The van der Waals surface area contributed by atoms with Gasteiger partial charge in [0.05, 0.1) is 36.2 Å². The Labute approximate surface area is 165 Å². The number of hydrogen-bond acceptors (Lipinski definition) is 5. The molecule has 2 aromatic heterocycles. The van der Waals surface area contributed by atoms with Crippen molar-refractivity contribution in [3.8, 4) is 6.07 Å². The van der Waals surface area contributed by atoms with Gasteiger partial charge in [-0.3, -0.25) is 14.6 Å². The molecule has 0 spiro atoms. The lowest BCUT2D eigenvalue weighted by Crippen LogP contribution is -2.34. The normalized spacial score (nSPS) is 11.8. The second kappa shape index (κ2) is 8.20. The Balaban J connectivity index is 1.88. The third-order valence-electron chi connectivity index (χ3n) is 4.85. The molecule has 1 amide bonds. The fraction of sp³-hybridized carbons (Fsp3) is 0.238. The van der Waals surface area contributed by atoms with E-state index in [9.17, 15) is 19.1 Å². The number of aromatic amines is 1. The van der Waals surface area contributed by atoms with Crippen LogP contribution in [0.25, 0.3) is 10.9 Å². The molecule has 0 unspecified atom stereocenters. The predicted molar refractivity (Wildman–Crippen MR) is 105 cm³/mol. The minimum absolute atomic E-state index is 0.0593. The molecule has 0 aliphatic rings. The summed E-state index contributed by atoms with van der Waals surface area (Å²) in [5.41, 5.74) is 2.10. The molecule has 8 heteroatoms. The summed E-state index contributed by atoms with van der Waals surface area (Å²) in [5, 5.41) is 21.8. The number of nitriles is 1. The first-order valence-electron chi connectivity index (χ1n) is 8.92. The van der Waals surface area contributed by atoms with Crippen LogP contribution in [-0.4, -0.2) is 27.6 Å². The van der Waals surface area contributed by atoms with Gasteiger partial charge in [-0.1, -0.05) is 6.07 Å². The second-order valence-electron chi connectivity index (χ2n) is 6.70. The van der Waals surface area contributed by atoms with Crippen LogP contribution >= 0.6 is 0 Å². The number of rotatable bonds is 5. The van der Waals surface area contributed by atoms with Crippen LogP contribution in [-0.2, 0) is 11.2 Å². The maximum atomic E-state index is 14.2. The first-order chi connectivity index (χ1) is 13.8. The quantitative estimate of drug-likeness (QED) is 0.611. The van der Waals surface area contributed by atoms with Gasteiger partial charge in [-0.2, -0.15) is 5.26 Å². The van der Waals surface area contributed by atoms with Gasteiger partial charge < -0.3 is 15.4 Å². The Morgan fingerprint density at radius 3 is 2.79 bits per heavy atom. The number of nitrogens with zero attached hydrogens (tertiary/aromatic N) is 2. The lowest BCUT2D eigenvalue weighted by atomic mass is 10.0. The molecule has 1 aromatic carbocycles. The van der Waals surface area contributed by atoms with Crippen LogP contribution in [0, 0.1) is 31.0 Å². The molecule has 0 bridgehead atoms. The Morgan fingerprint density at radius 2 is 2.14 bits per heavy atom. The Morgan fingerprint density at radius 1 is 1.38 bits per heavy atom.